The third-order valence-corrected chi connectivity index (χ3v) is 4.83. The first-order chi connectivity index (χ1) is 13.2. The van der Waals surface area contributed by atoms with Crippen molar-refractivity contribution in [2.75, 3.05) is 47.1 Å². The monoisotopic (exact) mass is 379 g/mol. The van der Waals surface area contributed by atoms with Crippen LogP contribution in [0.15, 0.2) is 23.2 Å². The van der Waals surface area contributed by atoms with Gasteiger partial charge in [0.15, 0.2) is 17.5 Å². The molecule has 1 heterocycles. The van der Waals surface area contributed by atoms with Gasteiger partial charge in [-0.25, -0.2) is 0 Å². The maximum Gasteiger partial charge on any atom is 0.191 e. The fourth-order valence-corrected chi connectivity index (χ4v) is 3.14. The highest BCUT2D eigenvalue weighted by atomic mass is 16.5. The van der Waals surface area contributed by atoms with Crippen LogP contribution in [0.4, 0.5) is 0 Å². The lowest BCUT2D eigenvalue weighted by Gasteiger charge is -2.27. The van der Waals surface area contributed by atoms with Crippen molar-refractivity contribution in [3.63, 3.8) is 0 Å². The normalized spacial score (nSPS) is 19.8. The highest BCUT2D eigenvalue weighted by molar-refractivity contribution is 5.79. The number of ether oxygens (including phenoxy) is 3. The van der Waals surface area contributed by atoms with Gasteiger partial charge < -0.3 is 30.0 Å². The molecule has 27 heavy (non-hydrogen) atoms. The lowest BCUT2D eigenvalue weighted by Crippen LogP contribution is -2.44. The number of hydrogen-bond acceptors (Lipinski definition) is 5. The molecule has 1 saturated heterocycles. The van der Waals surface area contributed by atoms with Crippen LogP contribution in [0.1, 0.15) is 31.7 Å². The van der Waals surface area contributed by atoms with E-state index >= 15 is 0 Å². The Hall–Kier alpha value is -1.99. The van der Waals surface area contributed by atoms with Gasteiger partial charge in [0.1, 0.15) is 0 Å². The fourth-order valence-electron chi connectivity index (χ4n) is 3.14. The molecule has 2 rings (SSSR count). The number of aliphatic hydroxyl groups excluding tert-OH is 1. The molecule has 0 radical (unpaired) electrons. The van der Waals surface area contributed by atoms with Crippen molar-refractivity contribution in [3.8, 4) is 11.5 Å². The quantitative estimate of drug-likeness (QED) is 0.426. The summed E-state index contributed by atoms with van der Waals surface area (Å²) >= 11 is 0. The van der Waals surface area contributed by atoms with E-state index < -0.39 is 0 Å². The van der Waals surface area contributed by atoms with Crippen molar-refractivity contribution in [3.05, 3.63) is 23.8 Å². The first-order valence-electron chi connectivity index (χ1n) is 9.59. The van der Waals surface area contributed by atoms with Crippen molar-refractivity contribution < 1.29 is 19.3 Å². The number of aliphatic hydroxyl groups is 1. The largest absolute Gasteiger partial charge is 0.493 e. The molecule has 7 heteroatoms. The van der Waals surface area contributed by atoms with Crippen LogP contribution in [-0.4, -0.2) is 58.2 Å². The minimum absolute atomic E-state index is 0.0200. The first-order valence-corrected chi connectivity index (χ1v) is 9.59. The molecule has 0 saturated carbocycles. The van der Waals surface area contributed by atoms with E-state index in [1.807, 2.05) is 18.2 Å². The number of benzene rings is 1. The standard InChI is InChI=1S/C20H33N3O4/c1-4-10-27-17-6-5-16(12-18(17)25-3)13-22-19(21-2)23-14-20(7-9-24)8-11-26-15-20/h5-6,12,24H,4,7-11,13-15H2,1-3H3,(H2,21,22,23). The zero-order valence-corrected chi connectivity index (χ0v) is 16.7. The molecule has 0 bridgehead atoms. The second-order valence-electron chi connectivity index (χ2n) is 6.89. The molecule has 0 amide bonds. The Labute approximate surface area is 162 Å². The molecule has 1 fully saturated rings. The summed E-state index contributed by atoms with van der Waals surface area (Å²) in [5.41, 5.74) is 1.06. The topological polar surface area (TPSA) is 84.3 Å². The summed E-state index contributed by atoms with van der Waals surface area (Å²) in [6.45, 7) is 5.68. The molecule has 0 aromatic heterocycles. The molecule has 1 aromatic carbocycles. The smallest absolute Gasteiger partial charge is 0.191 e. The van der Waals surface area contributed by atoms with Crippen LogP contribution in [0, 0.1) is 5.41 Å². The van der Waals surface area contributed by atoms with E-state index in [1.54, 1.807) is 14.2 Å². The average molecular weight is 380 g/mol. The third kappa shape index (κ3) is 6.29. The number of hydrogen-bond donors (Lipinski definition) is 3. The molecule has 1 unspecified atom stereocenters. The Morgan fingerprint density at radius 1 is 1.33 bits per heavy atom. The van der Waals surface area contributed by atoms with E-state index in [4.69, 9.17) is 14.2 Å². The second kappa shape index (κ2) is 11.0. The van der Waals surface area contributed by atoms with Crippen molar-refractivity contribution in [2.45, 2.75) is 32.7 Å². The number of aliphatic imine (C=N–C) groups is 1. The summed E-state index contributed by atoms with van der Waals surface area (Å²) in [4.78, 5) is 4.29. The van der Waals surface area contributed by atoms with E-state index in [2.05, 4.69) is 22.5 Å². The van der Waals surface area contributed by atoms with Crippen molar-refractivity contribution in [1.29, 1.82) is 0 Å². The summed E-state index contributed by atoms with van der Waals surface area (Å²) in [7, 11) is 3.40. The second-order valence-corrected chi connectivity index (χ2v) is 6.89. The van der Waals surface area contributed by atoms with Crippen LogP contribution >= 0.6 is 0 Å². The molecule has 7 nitrogen and oxygen atoms in total. The highest BCUT2D eigenvalue weighted by Gasteiger charge is 2.34. The van der Waals surface area contributed by atoms with Gasteiger partial charge in [0.2, 0.25) is 0 Å². The zero-order valence-electron chi connectivity index (χ0n) is 16.7. The number of rotatable bonds is 10. The molecular weight excluding hydrogens is 346 g/mol. The third-order valence-electron chi connectivity index (χ3n) is 4.83. The van der Waals surface area contributed by atoms with E-state index in [0.29, 0.717) is 19.8 Å². The van der Waals surface area contributed by atoms with E-state index in [9.17, 15) is 5.11 Å². The van der Waals surface area contributed by atoms with Crippen LogP contribution in [0.25, 0.3) is 0 Å². The summed E-state index contributed by atoms with van der Waals surface area (Å²) in [6.07, 6.45) is 2.64. The molecule has 1 aromatic rings. The van der Waals surface area contributed by atoms with E-state index in [-0.39, 0.29) is 12.0 Å². The molecule has 1 aliphatic rings. The minimum Gasteiger partial charge on any atom is -0.493 e. The maximum absolute atomic E-state index is 9.34. The van der Waals surface area contributed by atoms with E-state index in [1.165, 1.54) is 0 Å². The van der Waals surface area contributed by atoms with Crippen LogP contribution < -0.4 is 20.1 Å². The van der Waals surface area contributed by atoms with Crippen LogP contribution in [-0.2, 0) is 11.3 Å². The van der Waals surface area contributed by atoms with Gasteiger partial charge >= 0.3 is 0 Å². The SMILES string of the molecule is CCCOc1ccc(CNC(=NC)NCC2(CCO)CCOC2)cc1OC. The molecule has 152 valence electrons. The zero-order chi connectivity index (χ0) is 19.5. The van der Waals surface area contributed by atoms with Crippen molar-refractivity contribution >= 4 is 5.96 Å². The lowest BCUT2D eigenvalue weighted by molar-refractivity contribution is 0.127. The Morgan fingerprint density at radius 2 is 2.19 bits per heavy atom. The minimum atomic E-state index is -0.0200. The molecule has 1 atom stereocenters. The maximum atomic E-state index is 9.34. The van der Waals surface area contributed by atoms with Gasteiger partial charge in [-0.3, -0.25) is 4.99 Å². The summed E-state index contributed by atoms with van der Waals surface area (Å²) in [6, 6.07) is 5.93. The number of methoxy groups -OCH3 is 1. The van der Waals surface area contributed by atoms with Crippen molar-refractivity contribution in [2.24, 2.45) is 10.4 Å². The summed E-state index contributed by atoms with van der Waals surface area (Å²) < 4.78 is 16.7. The Kier molecular flexibility index (Phi) is 8.67. The Bertz CT molecular complexity index is 601. The lowest BCUT2D eigenvalue weighted by atomic mass is 9.84. The molecule has 3 N–H and O–H groups in total. The van der Waals surface area contributed by atoms with Gasteiger partial charge in [-0.1, -0.05) is 13.0 Å². The summed E-state index contributed by atoms with van der Waals surface area (Å²) in [5.74, 6) is 2.22. The van der Waals surface area contributed by atoms with Gasteiger partial charge in [0, 0.05) is 38.8 Å². The molecule has 1 aliphatic heterocycles. The van der Waals surface area contributed by atoms with Gasteiger partial charge in [-0.15, -0.1) is 0 Å². The Balaban J connectivity index is 1.89. The number of nitrogens with one attached hydrogen (secondary N) is 2. The predicted octanol–water partition coefficient (Wildman–Crippen LogP) is 1.94. The van der Waals surface area contributed by atoms with E-state index in [0.717, 1.165) is 55.4 Å². The van der Waals surface area contributed by atoms with Crippen molar-refractivity contribution in [1.82, 2.24) is 10.6 Å². The first kappa shape index (κ1) is 21.3. The van der Waals surface area contributed by atoms with Gasteiger partial charge in [0.25, 0.3) is 0 Å². The molecule has 0 aliphatic carbocycles. The Morgan fingerprint density at radius 3 is 2.81 bits per heavy atom. The fraction of sp³-hybridized carbons (Fsp3) is 0.650. The number of guanidine groups is 1. The summed E-state index contributed by atoms with van der Waals surface area (Å²) in [5, 5.41) is 16.0. The van der Waals surface area contributed by atoms with Gasteiger partial charge in [-0.05, 0) is 37.0 Å². The average Bonchev–Trinajstić information content (AvgIpc) is 3.15. The van der Waals surface area contributed by atoms with Crippen LogP contribution in [0.5, 0.6) is 11.5 Å². The molecular formula is C20H33N3O4. The highest BCUT2D eigenvalue weighted by Crippen LogP contribution is 2.31. The molecule has 0 spiro atoms. The van der Waals surface area contributed by atoms with Gasteiger partial charge in [-0.2, -0.15) is 0 Å². The van der Waals surface area contributed by atoms with Crippen LogP contribution in [0.3, 0.4) is 0 Å². The number of nitrogens with zero attached hydrogens (tertiary/aromatic N) is 1. The van der Waals surface area contributed by atoms with Crippen LogP contribution in [0.2, 0.25) is 0 Å². The predicted molar refractivity (Wildman–Crippen MR) is 107 cm³/mol. The van der Waals surface area contributed by atoms with Gasteiger partial charge in [0.05, 0.1) is 20.3 Å².